The molecule has 2 unspecified atom stereocenters. The first-order chi connectivity index (χ1) is 9.88. The molecule has 1 fully saturated rings. The molecule has 0 radical (unpaired) electrons. The highest BCUT2D eigenvalue weighted by atomic mass is 16.2. The molecule has 1 heterocycles. The van der Waals surface area contributed by atoms with E-state index in [1.165, 1.54) is 0 Å². The van der Waals surface area contributed by atoms with Crippen molar-refractivity contribution in [2.75, 3.05) is 32.5 Å². The van der Waals surface area contributed by atoms with Crippen LogP contribution in [0.25, 0.3) is 0 Å². The Balaban J connectivity index is 2.04. The van der Waals surface area contributed by atoms with Gasteiger partial charge in [0.25, 0.3) is 0 Å². The van der Waals surface area contributed by atoms with Gasteiger partial charge in [-0.15, -0.1) is 0 Å². The summed E-state index contributed by atoms with van der Waals surface area (Å²) in [7, 11) is 4.05. The lowest BCUT2D eigenvalue weighted by atomic mass is 9.93. The number of piperidine rings is 1. The Bertz CT molecular complexity index is 515. The number of carbonyl (C=O) groups is 1. The second kappa shape index (κ2) is 6.48. The zero-order valence-corrected chi connectivity index (χ0v) is 13.8. The summed E-state index contributed by atoms with van der Waals surface area (Å²) in [4.78, 5) is 16.7. The largest absolute Gasteiger partial charge is 0.324 e. The number of nitrogens with one attached hydrogen (secondary N) is 1. The molecule has 4 nitrogen and oxygen atoms in total. The smallest absolute Gasteiger partial charge is 0.321 e. The van der Waals surface area contributed by atoms with Crippen LogP contribution in [0.4, 0.5) is 10.5 Å². The van der Waals surface area contributed by atoms with Gasteiger partial charge in [0.05, 0.1) is 0 Å². The van der Waals surface area contributed by atoms with Gasteiger partial charge in [-0.25, -0.2) is 4.79 Å². The van der Waals surface area contributed by atoms with Crippen molar-refractivity contribution in [3.8, 4) is 0 Å². The molecule has 2 rings (SSSR count). The van der Waals surface area contributed by atoms with Crippen molar-refractivity contribution in [1.29, 1.82) is 0 Å². The summed E-state index contributed by atoms with van der Waals surface area (Å²) in [5, 5.41) is 3.05. The summed E-state index contributed by atoms with van der Waals surface area (Å²) in [6, 6.07) is 6.44. The zero-order chi connectivity index (χ0) is 15.6. The number of hydrogen-bond acceptors (Lipinski definition) is 2. The molecule has 1 aromatic carbocycles. The van der Waals surface area contributed by atoms with E-state index in [9.17, 15) is 4.79 Å². The van der Waals surface area contributed by atoms with Crippen LogP contribution in [-0.4, -0.2) is 49.1 Å². The third kappa shape index (κ3) is 3.76. The van der Waals surface area contributed by atoms with Gasteiger partial charge in [0.1, 0.15) is 0 Å². The van der Waals surface area contributed by atoms with Crippen molar-refractivity contribution in [3.05, 3.63) is 29.3 Å². The first-order valence-electron chi connectivity index (χ1n) is 7.68. The molecule has 2 amide bonds. The molecule has 1 aromatic rings. The first kappa shape index (κ1) is 15.8. The van der Waals surface area contributed by atoms with Crippen LogP contribution in [0.3, 0.4) is 0 Å². The average Bonchev–Trinajstić information content (AvgIpc) is 2.42. The fraction of sp³-hybridized carbons (Fsp3) is 0.588. The van der Waals surface area contributed by atoms with Gasteiger partial charge in [0, 0.05) is 25.3 Å². The third-order valence-electron chi connectivity index (χ3n) is 4.52. The number of anilines is 1. The molecule has 116 valence electrons. The summed E-state index contributed by atoms with van der Waals surface area (Å²) < 4.78 is 0. The second-order valence-corrected chi connectivity index (χ2v) is 6.45. The summed E-state index contributed by atoms with van der Waals surface area (Å²) in [5.74, 6) is 0.498. The summed E-state index contributed by atoms with van der Waals surface area (Å²) in [6.07, 6.45) is 1.04. The molecular formula is C17H27N3O. The Morgan fingerprint density at radius 1 is 1.38 bits per heavy atom. The highest BCUT2D eigenvalue weighted by molar-refractivity contribution is 5.90. The van der Waals surface area contributed by atoms with E-state index in [1.807, 2.05) is 37.9 Å². The molecule has 1 aliphatic rings. The lowest BCUT2D eigenvalue weighted by molar-refractivity contribution is 0.113. The van der Waals surface area contributed by atoms with Crippen LogP contribution in [0.15, 0.2) is 18.2 Å². The second-order valence-electron chi connectivity index (χ2n) is 6.45. The van der Waals surface area contributed by atoms with Crippen molar-refractivity contribution in [3.63, 3.8) is 0 Å². The van der Waals surface area contributed by atoms with Crippen molar-refractivity contribution >= 4 is 11.7 Å². The normalized spacial score (nSPS) is 22.9. The van der Waals surface area contributed by atoms with Gasteiger partial charge in [0.15, 0.2) is 0 Å². The molecule has 4 heteroatoms. The van der Waals surface area contributed by atoms with E-state index in [1.54, 1.807) is 0 Å². The first-order valence-corrected chi connectivity index (χ1v) is 7.68. The highest BCUT2D eigenvalue weighted by Crippen LogP contribution is 2.22. The van der Waals surface area contributed by atoms with Gasteiger partial charge in [0.2, 0.25) is 0 Å². The van der Waals surface area contributed by atoms with E-state index in [0.29, 0.717) is 12.0 Å². The van der Waals surface area contributed by atoms with E-state index in [0.717, 1.165) is 36.3 Å². The fourth-order valence-electron chi connectivity index (χ4n) is 3.14. The number of likely N-dealkylation sites (tertiary alicyclic amines) is 1. The Labute approximate surface area is 128 Å². The molecule has 2 atom stereocenters. The van der Waals surface area contributed by atoms with Crippen molar-refractivity contribution < 1.29 is 4.79 Å². The molecule has 0 aromatic heterocycles. The lowest BCUT2D eigenvalue weighted by Gasteiger charge is -2.39. The van der Waals surface area contributed by atoms with Crippen LogP contribution >= 0.6 is 0 Å². The number of amides is 2. The molecule has 1 saturated heterocycles. The van der Waals surface area contributed by atoms with Gasteiger partial charge >= 0.3 is 6.03 Å². The van der Waals surface area contributed by atoms with Crippen LogP contribution in [-0.2, 0) is 0 Å². The maximum absolute atomic E-state index is 12.5. The lowest BCUT2D eigenvalue weighted by Crippen LogP contribution is -2.50. The Hall–Kier alpha value is -1.55. The number of urea groups is 1. The quantitative estimate of drug-likeness (QED) is 0.908. The predicted octanol–water partition coefficient (Wildman–Crippen LogP) is 3.11. The van der Waals surface area contributed by atoms with Crippen molar-refractivity contribution in [2.24, 2.45) is 5.92 Å². The van der Waals surface area contributed by atoms with Crippen LogP contribution in [0.2, 0.25) is 0 Å². The van der Waals surface area contributed by atoms with Crippen LogP contribution in [0, 0.1) is 19.8 Å². The van der Waals surface area contributed by atoms with Gasteiger partial charge in [-0.2, -0.15) is 0 Å². The highest BCUT2D eigenvalue weighted by Gasteiger charge is 2.30. The maximum atomic E-state index is 12.5. The van der Waals surface area contributed by atoms with Gasteiger partial charge in [-0.3, -0.25) is 0 Å². The number of benzene rings is 1. The topological polar surface area (TPSA) is 35.6 Å². The molecular weight excluding hydrogens is 262 g/mol. The van der Waals surface area contributed by atoms with Crippen molar-refractivity contribution in [2.45, 2.75) is 33.2 Å². The monoisotopic (exact) mass is 289 g/mol. The minimum absolute atomic E-state index is 0.00916. The van der Waals surface area contributed by atoms with Crippen LogP contribution in [0.5, 0.6) is 0 Å². The minimum Gasteiger partial charge on any atom is -0.324 e. The van der Waals surface area contributed by atoms with Crippen LogP contribution in [0.1, 0.15) is 24.5 Å². The molecule has 21 heavy (non-hydrogen) atoms. The molecule has 0 bridgehead atoms. The standard InChI is InChI=1S/C17H27N3O/c1-12-6-7-13(2)15(10-12)18-17(21)20(5)16-8-9-19(4)11-14(16)3/h6-7,10,14,16H,8-9,11H2,1-5H3,(H,18,21). The van der Waals surface area contributed by atoms with Gasteiger partial charge in [-0.05, 0) is 57.0 Å². The number of nitrogens with zero attached hydrogens (tertiary/aromatic N) is 2. The van der Waals surface area contributed by atoms with Crippen LogP contribution < -0.4 is 5.32 Å². The minimum atomic E-state index is -0.00916. The molecule has 1 aliphatic heterocycles. The van der Waals surface area contributed by atoms with E-state index in [4.69, 9.17) is 0 Å². The number of aryl methyl sites for hydroxylation is 2. The van der Waals surface area contributed by atoms with E-state index < -0.39 is 0 Å². The Kier molecular flexibility index (Phi) is 4.88. The van der Waals surface area contributed by atoms with Crippen molar-refractivity contribution in [1.82, 2.24) is 9.80 Å². The fourth-order valence-corrected chi connectivity index (χ4v) is 3.14. The average molecular weight is 289 g/mol. The van der Waals surface area contributed by atoms with E-state index >= 15 is 0 Å². The summed E-state index contributed by atoms with van der Waals surface area (Å²) in [6.45, 7) is 8.38. The van der Waals surface area contributed by atoms with Gasteiger partial charge in [-0.1, -0.05) is 19.1 Å². The Morgan fingerprint density at radius 3 is 2.76 bits per heavy atom. The van der Waals surface area contributed by atoms with Gasteiger partial charge < -0.3 is 15.1 Å². The Morgan fingerprint density at radius 2 is 2.10 bits per heavy atom. The maximum Gasteiger partial charge on any atom is 0.321 e. The number of hydrogen-bond donors (Lipinski definition) is 1. The zero-order valence-electron chi connectivity index (χ0n) is 13.8. The summed E-state index contributed by atoms with van der Waals surface area (Å²) >= 11 is 0. The van der Waals surface area contributed by atoms with E-state index in [-0.39, 0.29) is 6.03 Å². The number of rotatable bonds is 2. The molecule has 1 N–H and O–H groups in total. The number of carbonyl (C=O) groups excluding carboxylic acids is 1. The summed E-state index contributed by atoms with van der Waals surface area (Å²) in [5.41, 5.74) is 3.16. The van der Waals surface area contributed by atoms with E-state index in [2.05, 4.69) is 30.3 Å². The molecule has 0 aliphatic carbocycles. The third-order valence-corrected chi connectivity index (χ3v) is 4.52. The molecule has 0 saturated carbocycles. The SMILES string of the molecule is Cc1ccc(C)c(NC(=O)N(C)C2CCN(C)CC2C)c1. The predicted molar refractivity (Wildman–Crippen MR) is 87.8 cm³/mol. The molecule has 0 spiro atoms.